The fourth-order valence-corrected chi connectivity index (χ4v) is 2.39. The van der Waals surface area contributed by atoms with Crippen LogP contribution in [0.3, 0.4) is 0 Å². The van der Waals surface area contributed by atoms with Crippen molar-refractivity contribution in [2.75, 3.05) is 6.61 Å². The molecule has 9 nitrogen and oxygen atoms in total. The smallest absolute Gasteiger partial charge is 0.305 e. The van der Waals surface area contributed by atoms with E-state index in [4.69, 9.17) is 20.3 Å². The molecule has 21 heavy (non-hydrogen) atoms. The molecule has 5 N–H and O–H groups in total. The van der Waals surface area contributed by atoms with Gasteiger partial charge < -0.3 is 30.5 Å². The molecule has 0 bridgehead atoms. The van der Waals surface area contributed by atoms with E-state index in [1.807, 2.05) is 0 Å². The molecule has 0 aromatic heterocycles. The average Bonchev–Trinajstić information content (AvgIpc) is 2.38. The number of aliphatic hydroxyl groups excluding tert-OH is 3. The Balaban J connectivity index is 3.55. The maximum absolute atomic E-state index is 12.0. The summed E-state index contributed by atoms with van der Waals surface area (Å²) in [6.45, 7) is 2.08. The van der Waals surface area contributed by atoms with Gasteiger partial charge in [-0.2, -0.15) is 0 Å². The Bertz CT molecular complexity index is 466. The molecular formula is C12H19NO8. The number of rotatable bonds is 4. The van der Waals surface area contributed by atoms with Crippen LogP contribution in [0.5, 0.6) is 0 Å². The number of Topliss-reactive ketones (excluding diaryl/α,β-unsaturated/α-hetero) is 2. The highest BCUT2D eigenvalue weighted by Crippen LogP contribution is 2.39. The zero-order valence-electron chi connectivity index (χ0n) is 11.9. The van der Waals surface area contributed by atoms with Gasteiger partial charge in [-0.1, -0.05) is 0 Å². The van der Waals surface area contributed by atoms with Crippen molar-refractivity contribution in [2.45, 2.75) is 50.4 Å². The van der Waals surface area contributed by atoms with Crippen molar-refractivity contribution in [3.8, 4) is 0 Å². The molecule has 1 saturated heterocycles. The molecule has 9 heteroatoms. The summed E-state index contributed by atoms with van der Waals surface area (Å²) in [6.07, 6.45) is -5.18. The fourth-order valence-electron chi connectivity index (χ4n) is 2.39. The summed E-state index contributed by atoms with van der Waals surface area (Å²) in [4.78, 5) is 35.2. The van der Waals surface area contributed by atoms with Crippen molar-refractivity contribution in [1.82, 2.24) is 0 Å². The lowest BCUT2D eigenvalue weighted by molar-refractivity contribution is -0.319. The summed E-state index contributed by atoms with van der Waals surface area (Å²) in [6, 6.07) is 0. The predicted molar refractivity (Wildman–Crippen MR) is 66.7 cm³/mol. The third-order valence-electron chi connectivity index (χ3n) is 3.55. The van der Waals surface area contributed by atoms with E-state index in [0.29, 0.717) is 0 Å². The Morgan fingerprint density at radius 2 is 1.71 bits per heavy atom. The van der Waals surface area contributed by atoms with Gasteiger partial charge >= 0.3 is 11.8 Å². The lowest BCUT2D eigenvalue weighted by Crippen LogP contribution is -2.82. The lowest BCUT2D eigenvalue weighted by atomic mass is 9.73. The maximum atomic E-state index is 12.0. The lowest BCUT2D eigenvalue weighted by Gasteiger charge is -2.52. The third-order valence-corrected chi connectivity index (χ3v) is 3.55. The molecule has 1 unspecified atom stereocenters. The molecule has 1 aliphatic rings. The Hall–Kier alpha value is -1.39. The molecule has 0 spiro atoms. The van der Waals surface area contributed by atoms with Crippen LogP contribution in [-0.2, 0) is 23.9 Å². The topological polar surface area (TPSA) is 156 Å². The number of ether oxygens (including phenoxy) is 2. The number of carbonyl (C=O) groups is 3. The molecular weight excluding hydrogens is 286 g/mol. The normalized spacial score (nSPS) is 39.7. The van der Waals surface area contributed by atoms with Gasteiger partial charge in [0.15, 0.2) is 11.3 Å². The van der Waals surface area contributed by atoms with Crippen LogP contribution in [-0.4, -0.2) is 69.1 Å². The van der Waals surface area contributed by atoms with Gasteiger partial charge in [-0.3, -0.25) is 14.4 Å². The highest BCUT2D eigenvalue weighted by atomic mass is 16.7. The Morgan fingerprint density at radius 1 is 1.19 bits per heavy atom. The molecule has 0 aliphatic carbocycles. The van der Waals surface area contributed by atoms with E-state index in [9.17, 15) is 24.6 Å². The SMILES string of the molecule is CC(=O)OC1(C(C)=O)O[C@H](CO)[C@@H](O)[C@H](O)[C@]1(N)C(C)=O. The monoisotopic (exact) mass is 305 g/mol. The molecule has 1 aliphatic heterocycles. The first-order valence-corrected chi connectivity index (χ1v) is 6.20. The van der Waals surface area contributed by atoms with Crippen LogP contribution >= 0.6 is 0 Å². The summed E-state index contributed by atoms with van der Waals surface area (Å²) in [7, 11) is 0. The molecule has 1 rings (SSSR count). The quantitative estimate of drug-likeness (QED) is 0.404. The van der Waals surface area contributed by atoms with E-state index in [-0.39, 0.29) is 0 Å². The van der Waals surface area contributed by atoms with Crippen LogP contribution in [0.4, 0.5) is 0 Å². The molecule has 0 saturated carbocycles. The number of carbonyl (C=O) groups excluding carboxylic acids is 3. The van der Waals surface area contributed by atoms with Gasteiger partial charge in [0.1, 0.15) is 18.3 Å². The molecule has 0 radical (unpaired) electrons. The molecule has 1 heterocycles. The minimum Gasteiger partial charge on any atom is -0.423 e. The third kappa shape index (κ3) is 2.47. The largest absolute Gasteiger partial charge is 0.423 e. The Kier molecular flexibility index (Phi) is 4.86. The first-order valence-electron chi connectivity index (χ1n) is 6.20. The molecule has 0 aromatic carbocycles. The van der Waals surface area contributed by atoms with Crippen LogP contribution < -0.4 is 5.73 Å². The number of aliphatic hydroxyl groups is 3. The van der Waals surface area contributed by atoms with Gasteiger partial charge in [-0.15, -0.1) is 0 Å². The van der Waals surface area contributed by atoms with Crippen molar-refractivity contribution in [3.63, 3.8) is 0 Å². The van der Waals surface area contributed by atoms with E-state index < -0.39 is 53.8 Å². The van der Waals surface area contributed by atoms with Gasteiger partial charge in [0.25, 0.3) is 0 Å². The number of esters is 1. The second-order valence-electron chi connectivity index (χ2n) is 4.97. The number of hydrogen-bond acceptors (Lipinski definition) is 9. The summed E-state index contributed by atoms with van der Waals surface area (Å²) >= 11 is 0. The predicted octanol–water partition coefficient (Wildman–Crippen LogP) is -2.77. The molecule has 1 fully saturated rings. The molecule has 120 valence electrons. The van der Waals surface area contributed by atoms with Crippen molar-refractivity contribution in [2.24, 2.45) is 5.73 Å². The number of nitrogens with two attached hydrogens (primary N) is 1. The highest BCUT2D eigenvalue weighted by molar-refractivity contribution is 5.99. The van der Waals surface area contributed by atoms with E-state index in [1.54, 1.807) is 0 Å². The van der Waals surface area contributed by atoms with E-state index >= 15 is 0 Å². The summed E-state index contributed by atoms with van der Waals surface area (Å²) < 4.78 is 9.99. The summed E-state index contributed by atoms with van der Waals surface area (Å²) in [5, 5.41) is 29.1. The second kappa shape index (κ2) is 5.78. The molecule has 0 aromatic rings. The standard InChI is InChI=1S/C12H19NO8/c1-5(15)11(13)10(19)9(18)8(4-14)21-12(11,6(2)16)20-7(3)17/h8-10,14,18-19H,4,13H2,1-3H3/t8-,9-,10+,11-,12?/m1/s1. The first-order chi connectivity index (χ1) is 9.54. The molecule has 5 atom stereocenters. The van der Waals surface area contributed by atoms with Crippen molar-refractivity contribution in [3.05, 3.63) is 0 Å². The highest BCUT2D eigenvalue weighted by Gasteiger charge is 2.70. The average molecular weight is 305 g/mol. The van der Waals surface area contributed by atoms with Gasteiger partial charge in [0.05, 0.1) is 6.61 Å². The number of hydrogen-bond donors (Lipinski definition) is 4. The van der Waals surface area contributed by atoms with Crippen LogP contribution in [0.15, 0.2) is 0 Å². The van der Waals surface area contributed by atoms with Crippen molar-refractivity contribution < 1.29 is 39.2 Å². The second-order valence-corrected chi connectivity index (χ2v) is 4.97. The van der Waals surface area contributed by atoms with Gasteiger partial charge in [0, 0.05) is 13.8 Å². The van der Waals surface area contributed by atoms with Gasteiger partial charge in [-0.25, -0.2) is 0 Å². The maximum Gasteiger partial charge on any atom is 0.305 e. The first kappa shape index (κ1) is 17.7. The van der Waals surface area contributed by atoms with Crippen LogP contribution in [0, 0.1) is 0 Å². The van der Waals surface area contributed by atoms with E-state index in [0.717, 1.165) is 20.8 Å². The zero-order valence-corrected chi connectivity index (χ0v) is 11.9. The van der Waals surface area contributed by atoms with Crippen LogP contribution in [0.25, 0.3) is 0 Å². The van der Waals surface area contributed by atoms with Crippen LogP contribution in [0.2, 0.25) is 0 Å². The fraction of sp³-hybridized carbons (Fsp3) is 0.750. The Morgan fingerprint density at radius 3 is 2.05 bits per heavy atom. The van der Waals surface area contributed by atoms with Gasteiger partial charge in [-0.05, 0) is 6.92 Å². The Labute approximate surface area is 120 Å². The summed E-state index contributed by atoms with van der Waals surface area (Å²) in [5.41, 5.74) is 3.31. The zero-order chi connectivity index (χ0) is 16.6. The molecule has 0 amide bonds. The van der Waals surface area contributed by atoms with Crippen LogP contribution in [0.1, 0.15) is 20.8 Å². The van der Waals surface area contributed by atoms with Crippen molar-refractivity contribution in [1.29, 1.82) is 0 Å². The number of ketones is 2. The van der Waals surface area contributed by atoms with E-state index in [1.165, 1.54) is 0 Å². The van der Waals surface area contributed by atoms with Gasteiger partial charge in [0.2, 0.25) is 5.78 Å². The summed E-state index contributed by atoms with van der Waals surface area (Å²) in [5.74, 6) is -5.50. The minimum atomic E-state index is -2.63. The van der Waals surface area contributed by atoms with Crippen molar-refractivity contribution >= 4 is 17.5 Å². The minimum absolute atomic E-state index is 0.789. The van der Waals surface area contributed by atoms with E-state index in [2.05, 4.69) is 0 Å².